The van der Waals surface area contributed by atoms with Gasteiger partial charge in [-0.1, -0.05) is 60.4 Å². The van der Waals surface area contributed by atoms with E-state index >= 15 is 0 Å². The molecule has 2 aromatic carbocycles. The fourth-order valence-corrected chi connectivity index (χ4v) is 7.63. The topological polar surface area (TPSA) is 129 Å². The van der Waals surface area contributed by atoms with Gasteiger partial charge in [0.25, 0.3) is 18.0 Å². The van der Waals surface area contributed by atoms with Crippen LogP contribution in [0.25, 0.3) is 0 Å². The van der Waals surface area contributed by atoms with E-state index in [2.05, 4.69) is 21.8 Å². The van der Waals surface area contributed by atoms with E-state index in [0.717, 1.165) is 27.1 Å². The maximum absolute atomic E-state index is 13.4. The van der Waals surface area contributed by atoms with Crippen LogP contribution >= 0.6 is 22.7 Å². The number of aryl methyl sites for hydroxylation is 2. The van der Waals surface area contributed by atoms with E-state index in [-0.39, 0.29) is 20.0 Å². The molecule has 0 saturated carbocycles. The number of nitrogens with zero attached hydrogens (tertiary/aromatic N) is 4. The third kappa shape index (κ3) is 7.84. The molecule has 0 N–H and O–H groups in total. The van der Waals surface area contributed by atoms with Crippen molar-refractivity contribution < 1.29 is 38.4 Å². The fourth-order valence-electron chi connectivity index (χ4n) is 5.62. The molecule has 12 nitrogen and oxygen atoms in total. The molecule has 0 fully saturated rings. The largest absolute Gasteiger partial charge is 0.436 e. The number of aliphatic imine (C=N–C) groups is 2. The molecule has 14 heteroatoms. The van der Waals surface area contributed by atoms with Crippen LogP contribution in [0, 0.1) is 38.5 Å². The molecule has 270 valence electrons. The van der Waals surface area contributed by atoms with Crippen molar-refractivity contribution in [2.45, 2.75) is 26.1 Å². The van der Waals surface area contributed by atoms with Gasteiger partial charge in [-0.3, -0.25) is 14.6 Å². The lowest BCUT2D eigenvalue weighted by Crippen LogP contribution is -2.40. The number of amides is 2. The zero-order valence-corrected chi connectivity index (χ0v) is 30.9. The SMILES string of the molecule is C#Cc1cc2c(s1)C(c1ccccc1C)=NC(OOCCOCOCOC(=O)C1N=C(c3ccccc3C)c3sc(C#C)cc3N(C)C1=O)C(=O)N2C. The van der Waals surface area contributed by atoms with Crippen LogP contribution in [0.2, 0.25) is 0 Å². The number of hydrogen-bond donors (Lipinski definition) is 0. The number of benzene rings is 2. The molecule has 0 aliphatic carbocycles. The smallest absolute Gasteiger partial charge is 0.342 e. The highest BCUT2D eigenvalue weighted by Crippen LogP contribution is 2.37. The number of anilines is 2. The maximum atomic E-state index is 13.4. The molecule has 53 heavy (non-hydrogen) atoms. The van der Waals surface area contributed by atoms with Crippen molar-refractivity contribution in [3.63, 3.8) is 0 Å². The number of terminal acetylenes is 2. The van der Waals surface area contributed by atoms with Crippen molar-refractivity contribution in [2.75, 3.05) is 50.7 Å². The first-order valence-electron chi connectivity index (χ1n) is 16.3. The van der Waals surface area contributed by atoms with Crippen LogP contribution in [0.5, 0.6) is 0 Å². The lowest BCUT2D eigenvalue weighted by atomic mass is 10.0. The number of rotatable bonds is 12. The van der Waals surface area contributed by atoms with Crippen molar-refractivity contribution >= 4 is 63.3 Å². The highest BCUT2D eigenvalue weighted by molar-refractivity contribution is 7.16. The Morgan fingerprint density at radius 1 is 0.774 bits per heavy atom. The summed E-state index contributed by atoms with van der Waals surface area (Å²) in [5, 5.41) is 0. The summed E-state index contributed by atoms with van der Waals surface area (Å²) < 4.78 is 16.0. The summed E-state index contributed by atoms with van der Waals surface area (Å²) in [7, 11) is 3.19. The number of thiophene rings is 2. The van der Waals surface area contributed by atoms with Gasteiger partial charge in [-0.2, -0.15) is 4.89 Å². The molecule has 0 bridgehead atoms. The number of likely N-dealkylation sites (N-methyl/N-ethyl adjacent to an activating group) is 2. The van der Waals surface area contributed by atoms with Gasteiger partial charge in [-0.25, -0.2) is 14.7 Å². The van der Waals surface area contributed by atoms with Gasteiger partial charge in [0, 0.05) is 25.2 Å². The molecule has 0 spiro atoms. The molecule has 2 amide bonds. The minimum atomic E-state index is -1.47. The van der Waals surface area contributed by atoms with Gasteiger partial charge in [0.1, 0.15) is 6.61 Å². The van der Waals surface area contributed by atoms with Gasteiger partial charge in [0.05, 0.1) is 48.9 Å². The Labute approximate surface area is 314 Å². The molecule has 2 aliphatic heterocycles. The van der Waals surface area contributed by atoms with Crippen LogP contribution in [-0.2, 0) is 38.4 Å². The second-order valence-electron chi connectivity index (χ2n) is 11.8. The van der Waals surface area contributed by atoms with E-state index in [4.69, 9.17) is 36.8 Å². The van der Waals surface area contributed by atoms with Gasteiger partial charge in [0.15, 0.2) is 13.6 Å². The Balaban J connectivity index is 1.02. The monoisotopic (exact) mass is 750 g/mol. The molecule has 0 saturated heterocycles. The minimum Gasteiger partial charge on any atom is -0.436 e. The maximum Gasteiger partial charge on any atom is 0.342 e. The predicted octanol–water partition coefficient (Wildman–Crippen LogP) is 4.85. The first kappa shape index (κ1) is 37.3. The number of carbonyl (C=O) groups excluding carboxylic acids is 3. The van der Waals surface area contributed by atoms with Crippen molar-refractivity contribution in [1.29, 1.82) is 0 Å². The second kappa shape index (κ2) is 16.5. The molecule has 2 aliphatic rings. The van der Waals surface area contributed by atoms with Crippen molar-refractivity contribution in [2.24, 2.45) is 9.98 Å². The molecule has 2 aromatic heterocycles. The van der Waals surface area contributed by atoms with Crippen LogP contribution in [0.15, 0.2) is 70.6 Å². The normalized spacial score (nSPS) is 16.8. The van der Waals surface area contributed by atoms with E-state index in [0.29, 0.717) is 37.4 Å². The standard InChI is InChI=1S/C39H34N4O8S2/c1-7-25-19-29-34(52-25)31(27-15-11-9-13-23(27)3)40-33(37(44)42(29)5)39(46)49-22-48-21-47-17-18-50-51-36-38(45)43(6)30-20-26(8-2)53-35(30)32(41-36)28-16-12-10-14-24(28)4/h1-2,9-16,19-20,33,36H,17-18,21-22H2,3-6H3. The summed E-state index contributed by atoms with van der Waals surface area (Å²) in [4.78, 5) is 65.5. The van der Waals surface area contributed by atoms with Crippen molar-refractivity contribution in [3.8, 4) is 24.7 Å². The molecule has 2 unspecified atom stereocenters. The zero-order chi connectivity index (χ0) is 37.6. The quantitative estimate of drug-likeness (QED) is 0.0383. The van der Waals surface area contributed by atoms with E-state index < -0.39 is 36.8 Å². The van der Waals surface area contributed by atoms with Crippen LogP contribution < -0.4 is 9.80 Å². The summed E-state index contributed by atoms with van der Waals surface area (Å²) in [5.41, 5.74) is 5.71. The summed E-state index contributed by atoms with van der Waals surface area (Å²) in [6.07, 6.45) is 10.0. The van der Waals surface area contributed by atoms with Crippen molar-refractivity contribution in [1.82, 2.24) is 0 Å². The van der Waals surface area contributed by atoms with Gasteiger partial charge in [-0.15, -0.1) is 35.5 Å². The van der Waals surface area contributed by atoms with Crippen LogP contribution in [0.4, 0.5) is 11.4 Å². The lowest BCUT2D eigenvalue weighted by Gasteiger charge is -2.18. The number of esters is 1. The summed E-state index contributed by atoms with van der Waals surface area (Å²) >= 11 is 2.68. The first-order valence-corrected chi connectivity index (χ1v) is 17.9. The average molecular weight is 751 g/mol. The molecular formula is C39H34N4O8S2. The Morgan fingerprint density at radius 3 is 1.89 bits per heavy atom. The zero-order valence-electron chi connectivity index (χ0n) is 29.3. The fraction of sp³-hybridized carbons (Fsp3) is 0.256. The molecule has 2 atom stereocenters. The number of hydrogen-bond acceptors (Lipinski definition) is 12. The average Bonchev–Trinajstić information content (AvgIpc) is 3.76. The van der Waals surface area contributed by atoms with Gasteiger partial charge < -0.3 is 24.0 Å². The van der Waals surface area contributed by atoms with E-state index in [1.165, 1.54) is 32.5 Å². The summed E-state index contributed by atoms with van der Waals surface area (Å²) in [6.45, 7) is 3.06. The summed E-state index contributed by atoms with van der Waals surface area (Å²) in [5.74, 6) is 3.36. The second-order valence-corrected chi connectivity index (χ2v) is 13.9. The van der Waals surface area contributed by atoms with Crippen molar-refractivity contribution in [3.05, 3.63) is 102 Å². The van der Waals surface area contributed by atoms with Crippen LogP contribution in [0.1, 0.15) is 41.8 Å². The molecule has 4 aromatic rings. The Bertz CT molecular complexity index is 2210. The predicted molar refractivity (Wildman–Crippen MR) is 202 cm³/mol. The molecular weight excluding hydrogens is 717 g/mol. The van der Waals surface area contributed by atoms with Crippen LogP contribution in [-0.4, -0.2) is 82.4 Å². The van der Waals surface area contributed by atoms with Gasteiger partial charge >= 0.3 is 5.97 Å². The number of carbonyl (C=O) groups is 3. The van der Waals surface area contributed by atoms with Gasteiger partial charge in [-0.05, 0) is 37.1 Å². The van der Waals surface area contributed by atoms with E-state index in [9.17, 15) is 14.4 Å². The molecule has 4 heterocycles. The third-order valence-electron chi connectivity index (χ3n) is 8.42. The highest BCUT2D eigenvalue weighted by Gasteiger charge is 2.38. The molecule has 0 radical (unpaired) electrons. The third-order valence-corrected chi connectivity index (χ3v) is 10.5. The molecule has 6 rings (SSSR count). The Hall–Kier alpha value is -5.45. The van der Waals surface area contributed by atoms with Crippen LogP contribution in [0.3, 0.4) is 0 Å². The Morgan fingerprint density at radius 2 is 1.32 bits per heavy atom. The van der Waals surface area contributed by atoms with E-state index in [1.54, 1.807) is 26.2 Å². The first-order chi connectivity index (χ1) is 25.6. The lowest BCUT2D eigenvalue weighted by molar-refractivity contribution is -0.320. The number of ether oxygens (including phenoxy) is 3. The Kier molecular flexibility index (Phi) is 11.6. The van der Waals surface area contributed by atoms with Gasteiger partial charge in [0.2, 0.25) is 6.04 Å². The summed E-state index contributed by atoms with van der Waals surface area (Å²) in [6, 6.07) is 17.3. The number of fused-ring (bicyclic) bond motifs is 2. The minimum absolute atomic E-state index is 0.00989. The highest BCUT2D eigenvalue weighted by atomic mass is 32.1. The van der Waals surface area contributed by atoms with E-state index in [1.807, 2.05) is 62.4 Å².